The van der Waals surface area contributed by atoms with Gasteiger partial charge in [0.1, 0.15) is 0 Å². The van der Waals surface area contributed by atoms with E-state index in [4.69, 9.17) is 0 Å². The maximum Gasteiger partial charge on any atom is 0.0165 e. The van der Waals surface area contributed by atoms with Crippen LogP contribution >= 0.6 is 0 Å². The Bertz CT molecular complexity index is 2970. The van der Waals surface area contributed by atoms with Crippen molar-refractivity contribution in [2.24, 2.45) is 0 Å². The number of fused-ring (bicyclic) bond motifs is 10. The Morgan fingerprint density at radius 3 is 1.44 bits per heavy atom. The summed E-state index contributed by atoms with van der Waals surface area (Å²) in [5.74, 6) is 0. The minimum absolute atomic E-state index is 0.128. The van der Waals surface area contributed by atoms with E-state index in [9.17, 15) is 0 Å². The highest BCUT2D eigenvalue weighted by atomic mass is 14.5. The molecule has 0 aromatic heterocycles. The lowest BCUT2D eigenvalue weighted by Gasteiger charge is -2.28. The predicted molar refractivity (Wildman–Crippen MR) is 230 cm³/mol. The van der Waals surface area contributed by atoms with Gasteiger partial charge in [-0.3, -0.25) is 0 Å². The zero-order valence-electron chi connectivity index (χ0n) is 31.2. The summed E-state index contributed by atoms with van der Waals surface area (Å²) >= 11 is 0. The molecule has 0 saturated heterocycles. The van der Waals surface area contributed by atoms with Crippen molar-refractivity contribution in [1.82, 2.24) is 0 Å². The molecule has 0 fully saturated rings. The van der Waals surface area contributed by atoms with Crippen LogP contribution in [0.1, 0.15) is 49.9 Å². The summed E-state index contributed by atoms with van der Waals surface area (Å²) in [7, 11) is 0. The highest BCUT2D eigenvalue weighted by molar-refractivity contribution is 6.24. The summed E-state index contributed by atoms with van der Waals surface area (Å²) in [4.78, 5) is 0. The molecule has 0 radical (unpaired) electrons. The SMILES string of the molecule is CC1(C)c2ccccc2-c2c1cc(-c1cc(-c3c4ccccc4c(-c4ccccc4)c4ccccc34)c3ccccc3c1)c1c2-c2ccccc2C1(C)C. The molecule has 0 spiro atoms. The second-order valence-electron chi connectivity index (χ2n) is 16.4. The molecular formula is C54H40. The number of rotatable bonds is 3. The first kappa shape index (κ1) is 31.3. The number of hydrogen-bond donors (Lipinski definition) is 0. The molecule has 2 aliphatic rings. The molecule has 0 atom stereocenters. The first-order valence-corrected chi connectivity index (χ1v) is 19.3. The molecule has 0 nitrogen and oxygen atoms in total. The summed E-state index contributed by atoms with van der Waals surface area (Å²) < 4.78 is 0. The van der Waals surface area contributed by atoms with Gasteiger partial charge in [-0.25, -0.2) is 0 Å². The molecule has 0 aliphatic heterocycles. The van der Waals surface area contributed by atoms with Gasteiger partial charge in [0.2, 0.25) is 0 Å². The van der Waals surface area contributed by atoms with E-state index in [-0.39, 0.29) is 10.8 Å². The average Bonchev–Trinajstić information content (AvgIpc) is 3.59. The van der Waals surface area contributed by atoms with Gasteiger partial charge in [0.05, 0.1) is 0 Å². The first-order valence-electron chi connectivity index (χ1n) is 19.3. The summed E-state index contributed by atoms with van der Waals surface area (Å²) in [6, 6.07) is 63.8. The standard InChI is InChI=1S/C54H40/c1-53(2)45-28-16-14-26-41(45)50-47(53)32-43(52-51(50)42-27-15-17-29-46(42)54(52,3)4)35-30-34-20-8-9-21-36(34)44(31-35)49-39-24-12-10-22-37(39)48(33-18-6-5-7-19-33)38-23-11-13-25-40(38)49/h5-32H,1-4H3. The average molecular weight is 689 g/mol. The minimum Gasteiger partial charge on any atom is -0.0622 e. The van der Waals surface area contributed by atoms with Crippen LogP contribution in [-0.2, 0) is 10.8 Å². The van der Waals surface area contributed by atoms with Gasteiger partial charge < -0.3 is 0 Å². The van der Waals surface area contributed by atoms with Crippen molar-refractivity contribution in [1.29, 1.82) is 0 Å². The normalized spacial score (nSPS) is 14.6. The Morgan fingerprint density at radius 1 is 0.296 bits per heavy atom. The van der Waals surface area contributed by atoms with Crippen LogP contribution in [0.5, 0.6) is 0 Å². The Balaban J connectivity index is 1.28. The third-order valence-corrected chi connectivity index (χ3v) is 12.8. The molecule has 0 amide bonds. The van der Waals surface area contributed by atoms with E-state index in [1.807, 2.05) is 0 Å². The molecule has 9 aromatic rings. The fraction of sp³-hybridized carbons (Fsp3) is 0.111. The van der Waals surface area contributed by atoms with Gasteiger partial charge in [0, 0.05) is 10.8 Å². The Hall–Kier alpha value is -6.24. The van der Waals surface area contributed by atoms with Crippen LogP contribution in [0.25, 0.3) is 88.0 Å². The van der Waals surface area contributed by atoms with Gasteiger partial charge in [-0.05, 0) is 128 Å². The highest BCUT2D eigenvalue weighted by Crippen LogP contribution is 2.61. The van der Waals surface area contributed by atoms with Gasteiger partial charge >= 0.3 is 0 Å². The largest absolute Gasteiger partial charge is 0.0622 e. The molecule has 0 saturated carbocycles. The molecule has 2 aliphatic carbocycles. The highest BCUT2D eigenvalue weighted by Gasteiger charge is 2.45. The Labute approximate surface area is 317 Å². The molecule has 256 valence electrons. The number of hydrogen-bond acceptors (Lipinski definition) is 0. The fourth-order valence-corrected chi connectivity index (χ4v) is 10.4. The molecule has 54 heavy (non-hydrogen) atoms. The van der Waals surface area contributed by atoms with Crippen molar-refractivity contribution in [2.45, 2.75) is 38.5 Å². The maximum absolute atomic E-state index is 2.57. The van der Waals surface area contributed by atoms with Crippen LogP contribution in [0.3, 0.4) is 0 Å². The van der Waals surface area contributed by atoms with E-state index in [2.05, 4.69) is 198 Å². The predicted octanol–water partition coefficient (Wildman–Crippen LogP) is 14.8. The second-order valence-corrected chi connectivity index (χ2v) is 16.4. The van der Waals surface area contributed by atoms with Gasteiger partial charge in [-0.2, -0.15) is 0 Å². The van der Waals surface area contributed by atoms with Crippen LogP contribution in [0.15, 0.2) is 170 Å². The van der Waals surface area contributed by atoms with Crippen molar-refractivity contribution in [3.05, 3.63) is 192 Å². The summed E-state index contributed by atoms with van der Waals surface area (Å²) in [5, 5.41) is 7.65. The van der Waals surface area contributed by atoms with E-state index >= 15 is 0 Å². The van der Waals surface area contributed by atoms with Crippen LogP contribution in [0, 0.1) is 0 Å². The van der Waals surface area contributed by atoms with E-state index in [0.717, 1.165) is 0 Å². The van der Waals surface area contributed by atoms with E-state index in [1.165, 1.54) is 110 Å². The van der Waals surface area contributed by atoms with Crippen LogP contribution in [0.2, 0.25) is 0 Å². The maximum atomic E-state index is 2.57. The molecule has 0 unspecified atom stereocenters. The molecule has 0 heteroatoms. The minimum atomic E-state index is -0.180. The zero-order chi connectivity index (χ0) is 36.3. The summed E-state index contributed by atoms with van der Waals surface area (Å²) in [5.41, 5.74) is 18.7. The van der Waals surface area contributed by atoms with E-state index in [0.29, 0.717) is 0 Å². The molecule has 0 bridgehead atoms. The van der Waals surface area contributed by atoms with Gasteiger partial charge in [-0.1, -0.05) is 179 Å². The molecule has 9 aromatic carbocycles. The third-order valence-electron chi connectivity index (χ3n) is 12.8. The second kappa shape index (κ2) is 11.1. The first-order chi connectivity index (χ1) is 26.3. The van der Waals surface area contributed by atoms with E-state index in [1.54, 1.807) is 0 Å². The smallest absolute Gasteiger partial charge is 0.0165 e. The van der Waals surface area contributed by atoms with Crippen molar-refractivity contribution < 1.29 is 0 Å². The number of benzene rings is 9. The lowest BCUT2D eigenvalue weighted by molar-refractivity contribution is 0.652. The molecule has 0 N–H and O–H groups in total. The van der Waals surface area contributed by atoms with Crippen molar-refractivity contribution in [2.75, 3.05) is 0 Å². The quantitative estimate of drug-likeness (QED) is 0.162. The Kier molecular flexibility index (Phi) is 6.46. The summed E-state index contributed by atoms with van der Waals surface area (Å²) in [6.07, 6.45) is 0. The lowest BCUT2D eigenvalue weighted by atomic mass is 9.75. The van der Waals surface area contributed by atoms with Crippen LogP contribution < -0.4 is 0 Å². The van der Waals surface area contributed by atoms with Crippen molar-refractivity contribution >= 4 is 32.3 Å². The Morgan fingerprint density at radius 2 is 0.796 bits per heavy atom. The monoisotopic (exact) mass is 688 g/mol. The van der Waals surface area contributed by atoms with Crippen molar-refractivity contribution in [3.63, 3.8) is 0 Å². The molecular weight excluding hydrogens is 649 g/mol. The molecule has 11 rings (SSSR count). The van der Waals surface area contributed by atoms with Crippen molar-refractivity contribution in [3.8, 4) is 55.6 Å². The van der Waals surface area contributed by atoms with Crippen LogP contribution in [0.4, 0.5) is 0 Å². The summed E-state index contributed by atoms with van der Waals surface area (Å²) in [6.45, 7) is 9.70. The van der Waals surface area contributed by atoms with Crippen LogP contribution in [-0.4, -0.2) is 0 Å². The van der Waals surface area contributed by atoms with E-state index < -0.39 is 0 Å². The zero-order valence-corrected chi connectivity index (χ0v) is 31.2. The van der Waals surface area contributed by atoms with Gasteiger partial charge in [0.15, 0.2) is 0 Å². The fourth-order valence-electron chi connectivity index (χ4n) is 10.4. The van der Waals surface area contributed by atoms with Gasteiger partial charge in [-0.15, -0.1) is 0 Å². The lowest BCUT2D eigenvalue weighted by Crippen LogP contribution is -2.18. The molecule has 0 heterocycles. The topological polar surface area (TPSA) is 0 Å². The van der Waals surface area contributed by atoms with Gasteiger partial charge in [0.25, 0.3) is 0 Å². The third kappa shape index (κ3) is 4.14.